The highest BCUT2D eigenvalue weighted by Gasteiger charge is 2.67. The summed E-state index contributed by atoms with van der Waals surface area (Å²) in [6.07, 6.45) is 6.02. The molecule has 0 radical (unpaired) electrons. The third-order valence-corrected chi connectivity index (χ3v) is 10.0. The number of carbonyl (C=O) groups excluding carboxylic acids is 1. The molecule has 1 saturated heterocycles. The number of sulfonamides is 1. The van der Waals surface area contributed by atoms with Crippen LogP contribution >= 0.6 is 22.9 Å². The van der Waals surface area contributed by atoms with Crippen LogP contribution in [-0.4, -0.2) is 43.0 Å². The highest BCUT2D eigenvalue weighted by molar-refractivity contribution is 7.88. The van der Waals surface area contributed by atoms with Crippen molar-refractivity contribution < 1.29 is 13.2 Å². The van der Waals surface area contributed by atoms with Gasteiger partial charge in [0.1, 0.15) is 0 Å². The number of anilines is 1. The van der Waals surface area contributed by atoms with Crippen molar-refractivity contribution in [2.45, 2.75) is 32.1 Å². The predicted molar refractivity (Wildman–Crippen MR) is 124 cm³/mol. The molecule has 0 spiro atoms. The van der Waals surface area contributed by atoms with Crippen LogP contribution in [0, 0.1) is 23.2 Å². The summed E-state index contributed by atoms with van der Waals surface area (Å²) in [5, 5.41) is 6.13. The van der Waals surface area contributed by atoms with E-state index >= 15 is 0 Å². The molecular weight excluding hydrogens is 454 g/mol. The van der Waals surface area contributed by atoms with Gasteiger partial charge in [0.25, 0.3) is 0 Å². The molecule has 1 N–H and O–H groups in total. The largest absolute Gasteiger partial charge is 0.302 e. The van der Waals surface area contributed by atoms with Crippen molar-refractivity contribution in [3.05, 3.63) is 34.7 Å². The van der Waals surface area contributed by atoms with Gasteiger partial charge in [-0.2, -0.15) is 0 Å². The van der Waals surface area contributed by atoms with Crippen molar-refractivity contribution in [3.8, 4) is 11.3 Å². The normalized spacial score (nSPS) is 28.6. The number of halogens is 1. The summed E-state index contributed by atoms with van der Waals surface area (Å²) >= 11 is 7.67. The summed E-state index contributed by atoms with van der Waals surface area (Å²) in [6.45, 7) is 1.22. The summed E-state index contributed by atoms with van der Waals surface area (Å²) in [6, 6.07) is 7.55. The molecule has 2 heterocycles. The maximum absolute atomic E-state index is 12.7. The van der Waals surface area contributed by atoms with Gasteiger partial charge in [-0.3, -0.25) is 4.79 Å². The monoisotopic (exact) mass is 479 g/mol. The van der Waals surface area contributed by atoms with E-state index in [-0.39, 0.29) is 11.3 Å². The Kier molecular flexibility index (Phi) is 5.40. The third-order valence-electron chi connectivity index (χ3n) is 7.63. The van der Waals surface area contributed by atoms with Crippen molar-refractivity contribution >= 4 is 44.0 Å². The SMILES string of the molecule is CS(=O)(=O)N1CCC(C23CC(C2)C3CC(=O)Nc2nc(-c3ccccc3Cl)cs2)CC1. The van der Waals surface area contributed by atoms with Crippen LogP contribution in [0.1, 0.15) is 32.1 Å². The lowest BCUT2D eigenvalue weighted by molar-refractivity contribution is -0.233. The van der Waals surface area contributed by atoms with E-state index in [1.54, 1.807) is 4.31 Å². The first-order chi connectivity index (χ1) is 14.8. The first-order valence-electron chi connectivity index (χ1n) is 10.7. The Hall–Kier alpha value is -1.48. The van der Waals surface area contributed by atoms with Gasteiger partial charge in [0, 0.05) is 35.5 Å². The molecule has 1 atom stereocenters. The lowest BCUT2D eigenvalue weighted by Gasteiger charge is -2.72. The molecule has 9 heteroatoms. The Morgan fingerprint density at radius 1 is 1.29 bits per heavy atom. The number of piperidine rings is 1. The molecule has 2 bridgehead atoms. The number of carbonyl (C=O) groups is 1. The zero-order valence-corrected chi connectivity index (χ0v) is 19.8. The van der Waals surface area contributed by atoms with E-state index in [0.717, 1.165) is 24.1 Å². The van der Waals surface area contributed by atoms with Gasteiger partial charge in [-0.15, -0.1) is 11.3 Å². The average molecular weight is 480 g/mol. The van der Waals surface area contributed by atoms with Crippen LogP contribution in [0.5, 0.6) is 0 Å². The number of nitrogens with one attached hydrogen (secondary N) is 1. The minimum absolute atomic E-state index is 0.0207. The van der Waals surface area contributed by atoms with Gasteiger partial charge in [0.2, 0.25) is 15.9 Å². The smallest absolute Gasteiger partial charge is 0.226 e. The predicted octanol–water partition coefficient (Wildman–Crippen LogP) is 4.49. The van der Waals surface area contributed by atoms with Gasteiger partial charge in [-0.05, 0) is 54.9 Å². The van der Waals surface area contributed by atoms with Crippen molar-refractivity contribution in [2.24, 2.45) is 23.2 Å². The average Bonchev–Trinajstić information content (AvgIpc) is 3.13. The number of amides is 1. The van der Waals surface area contributed by atoms with Crippen molar-refractivity contribution in [1.82, 2.24) is 9.29 Å². The molecule has 4 fully saturated rings. The van der Waals surface area contributed by atoms with E-state index in [0.29, 0.717) is 47.4 Å². The summed E-state index contributed by atoms with van der Waals surface area (Å²) in [7, 11) is -3.10. The van der Waals surface area contributed by atoms with E-state index in [1.807, 2.05) is 29.6 Å². The minimum atomic E-state index is -3.10. The zero-order valence-electron chi connectivity index (χ0n) is 17.4. The molecule has 3 aliphatic carbocycles. The summed E-state index contributed by atoms with van der Waals surface area (Å²) < 4.78 is 25.2. The Labute approximate surface area is 192 Å². The highest BCUT2D eigenvalue weighted by Crippen LogP contribution is 2.74. The Morgan fingerprint density at radius 2 is 2.00 bits per heavy atom. The molecule has 31 heavy (non-hydrogen) atoms. The molecule has 6 nitrogen and oxygen atoms in total. The lowest BCUT2D eigenvalue weighted by Crippen LogP contribution is -2.66. The van der Waals surface area contributed by atoms with Crippen molar-refractivity contribution in [1.29, 1.82) is 0 Å². The van der Waals surface area contributed by atoms with Gasteiger partial charge < -0.3 is 5.32 Å². The summed E-state index contributed by atoms with van der Waals surface area (Å²) in [5.41, 5.74) is 1.88. The molecule has 1 amide bonds. The highest BCUT2D eigenvalue weighted by atomic mass is 35.5. The summed E-state index contributed by atoms with van der Waals surface area (Å²) in [4.78, 5) is 17.3. The van der Waals surface area contributed by atoms with Crippen LogP contribution in [0.25, 0.3) is 11.3 Å². The Morgan fingerprint density at radius 3 is 2.61 bits per heavy atom. The molecule has 4 aliphatic rings. The van der Waals surface area contributed by atoms with Crippen LogP contribution in [-0.2, 0) is 14.8 Å². The zero-order chi connectivity index (χ0) is 21.8. The molecule has 2 aromatic rings. The van der Waals surface area contributed by atoms with Crippen LogP contribution in [0.15, 0.2) is 29.6 Å². The van der Waals surface area contributed by atoms with Gasteiger partial charge in [-0.1, -0.05) is 29.8 Å². The maximum Gasteiger partial charge on any atom is 0.226 e. The topological polar surface area (TPSA) is 79.4 Å². The van der Waals surface area contributed by atoms with E-state index < -0.39 is 10.0 Å². The Bertz CT molecular complexity index is 1100. The molecule has 166 valence electrons. The molecule has 1 aromatic heterocycles. The van der Waals surface area contributed by atoms with E-state index in [1.165, 1.54) is 30.4 Å². The summed E-state index contributed by atoms with van der Waals surface area (Å²) in [5.74, 6) is 1.62. The maximum atomic E-state index is 12.7. The molecule has 3 saturated carbocycles. The first kappa shape index (κ1) is 21.4. The number of aromatic nitrogens is 1. The standard InChI is InChI=1S/C22H26ClN3O3S2/c1-31(28,29)26-8-6-15(7-9-26)22-11-14(12-22)17(22)10-20(27)25-21-24-19(13-30-21)16-4-2-3-5-18(16)23/h2-5,13-15,17H,6-12H2,1H3,(H,24,25,27). The molecule has 1 aliphatic heterocycles. The van der Waals surface area contributed by atoms with Gasteiger partial charge >= 0.3 is 0 Å². The van der Waals surface area contributed by atoms with Crippen molar-refractivity contribution in [3.63, 3.8) is 0 Å². The minimum Gasteiger partial charge on any atom is -0.302 e. The number of hydrogen-bond acceptors (Lipinski definition) is 5. The van der Waals surface area contributed by atoms with Crippen LogP contribution in [0.4, 0.5) is 5.13 Å². The molecule has 6 rings (SSSR count). The van der Waals surface area contributed by atoms with Crippen LogP contribution < -0.4 is 5.32 Å². The van der Waals surface area contributed by atoms with Crippen molar-refractivity contribution in [2.75, 3.05) is 24.7 Å². The number of nitrogens with zero attached hydrogens (tertiary/aromatic N) is 2. The molecule has 1 unspecified atom stereocenters. The molecular formula is C22H26ClN3O3S2. The van der Waals surface area contributed by atoms with Gasteiger partial charge in [0.15, 0.2) is 5.13 Å². The number of benzene rings is 1. The van der Waals surface area contributed by atoms with E-state index in [9.17, 15) is 13.2 Å². The number of rotatable bonds is 6. The third kappa shape index (κ3) is 3.81. The second-order valence-electron chi connectivity index (χ2n) is 9.21. The fraction of sp³-hybridized carbons (Fsp3) is 0.545. The second kappa shape index (κ2) is 7.83. The van der Waals surface area contributed by atoms with E-state index in [2.05, 4.69) is 10.3 Å². The number of hydrogen-bond donors (Lipinski definition) is 1. The fourth-order valence-electron chi connectivity index (χ4n) is 5.91. The fourth-order valence-corrected chi connectivity index (χ4v) is 7.75. The van der Waals surface area contributed by atoms with Crippen LogP contribution in [0.3, 0.4) is 0 Å². The first-order valence-corrected chi connectivity index (χ1v) is 13.8. The Balaban J connectivity index is 1.18. The second-order valence-corrected chi connectivity index (χ2v) is 12.5. The van der Waals surface area contributed by atoms with Gasteiger partial charge in [-0.25, -0.2) is 17.7 Å². The van der Waals surface area contributed by atoms with Crippen LogP contribution in [0.2, 0.25) is 5.02 Å². The number of thiazole rings is 1. The van der Waals surface area contributed by atoms with E-state index in [4.69, 9.17) is 11.6 Å². The van der Waals surface area contributed by atoms with Gasteiger partial charge in [0.05, 0.1) is 11.9 Å². The quantitative estimate of drug-likeness (QED) is 0.662. The lowest BCUT2D eigenvalue weighted by atomic mass is 9.32. The molecule has 1 aromatic carbocycles.